The van der Waals surface area contributed by atoms with E-state index in [4.69, 9.17) is 4.74 Å². The molecule has 3 aromatic heterocycles. The molecule has 0 spiro atoms. The molecule has 0 aliphatic heterocycles. The molecule has 0 saturated heterocycles. The summed E-state index contributed by atoms with van der Waals surface area (Å²) in [5.74, 6) is 0. The molecule has 3 aromatic rings. The smallest absolute Gasteiger partial charge is 0.439 e. The molecule has 148 valence electrons. The SMILES string of the molecule is Cc1cc(NCCCc2ccccn2)c2nn(C(=O)OC(C)(C)C)c(=O)n2c1. The number of aromatic nitrogens is 4. The zero-order valence-corrected chi connectivity index (χ0v) is 16.6. The van der Waals surface area contributed by atoms with Gasteiger partial charge in [0.1, 0.15) is 5.60 Å². The van der Waals surface area contributed by atoms with Crippen LogP contribution in [0.15, 0.2) is 41.5 Å². The number of fused-ring (bicyclic) bond motifs is 1. The van der Waals surface area contributed by atoms with Gasteiger partial charge in [-0.15, -0.1) is 9.78 Å². The van der Waals surface area contributed by atoms with E-state index >= 15 is 0 Å². The minimum Gasteiger partial charge on any atom is -0.442 e. The van der Waals surface area contributed by atoms with Gasteiger partial charge >= 0.3 is 11.8 Å². The number of hydrogen-bond acceptors (Lipinski definition) is 6. The number of pyridine rings is 2. The minimum atomic E-state index is -0.792. The van der Waals surface area contributed by atoms with Gasteiger partial charge in [-0.3, -0.25) is 4.98 Å². The van der Waals surface area contributed by atoms with Crippen molar-refractivity contribution in [3.8, 4) is 0 Å². The van der Waals surface area contributed by atoms with Gasteiger partial charge in [-0.2, -0.15) is 0 Å². The van der Waals surface area contributed by atoms with Crippen LogP contribution in [0, 0.1) is 6.92 Å². The largest absolute Gasteiger partial charge is 0.442 e. The molecule has 3 heterocycles. The minimum absolute atomic E-state index is 0.388. The van der Waals surface area contributed by atoms with Crippen LogP contribution in [0.3, 0.4) is 0 Å². The van der Waals surface area contributed by atoms with Crippen molar-refractivity contribution in [1.29, 1.82) is 0 Å². The van der Waals surface area contributed by atoms with E-state index in [0.717, 1.165) is 28.8 Å². The molecule has 0 amide bonds. The molecule has 8 heteroatoms. The van der Waals surface area contributed by atoms with Crippen LogP contribution in [-0.2, 0) is 11.2 Å². The lowest BCUT2D eigenvalue weighted by Crippen LogP contribution is -2.34. The summed E-state index contributed by atoms with van der Waals surface area (Å²) >= 11 is 0. The van der Waals surface area contributed by atoms with Crippen molar-refractivity contribution in [2.75, 3.05) is 11.9 Å². The number of rotatable bonds is 5. The maximum atomic E-state index is 12.6. The highest BCUT2D eigenvalue weighted by Gasteiger charge is 2.22. The van der Waals surface area contributed by atoms with Gasteiger partial charge in [-0.05, 0) is 64.3 Å². The highest BCUT2D eigenvalue weighted by Crippen LogP contribution is 2.17. The number of ether oxygens (including phenoxy) is 1. The van der Waals surface area contributed by atoms with Crippen molar-refractivity contribution in [3.05, 3.63) is 58.4 Å². The molecular formula is C20H25N5O3. The first-order valence-corrected chi connectivity index (χ1v) is 9.24. The average Bonchev–Trinajstić information content (AvgIpc) is 2.95. The average molecular weight is 383 g/mol. The summed E-state index contributed by atoms with van der Waals surface area (Å²) in [6.45, 7) is 7.79. The van der Waals surface area contributed by atoms with Crippen molar-refractivity contribution in [2.24, 2.45) is 0 Å². The molecule has 28 heavy (non-hydrogen) atoms. The molecular weight excluding hydrogens is 358 g/mol. The molecule has 8 nitrogen and oxygen atoms in total. The first-order chi connectivity index (χ1) is 13.2. The lowest BCUT2D eigenvalue weighted by molar-refractivity contribution is 0.0508. The number of nitrogens with one attached hydrogen (secondary N) is 1. The van der Waals surface area contributed by atoms with Crippen molar-refractivity contribution in [3.63, 3.8) is 0 Å². The van der Waals surface area contributed by atoms with Gasteiger partial charge in [0.05, 0.1) is 5.69 Å². The van der Waals surface area contributed by atoms with Crippen molar-refractivity contribution >= 4 is 17.4 Å². The Hall–Kier alpha value is -3.16. The standard InChI is InChI=1S/C20H25N5O3/c1-14-12-16(22-11-7-9-15-8-5-6-10-21-15)17-23-25(18(26)24(17)13-14)19(27)28-20(2,3)4/h5-6,8,10,12-13,22H,7,9,11H2,1-4H3. The van der Waals surface area contributed by atoms with E-state index in [0.29, 0.717) is 17.9 Å². The van der Waals surface area contributed by atoms with Crippen LogP contribution in [0.25, 0.3) is 5.65 Å². The van der Waals surface area contributed by atoms with Gasteiger partial charge in [0.2, 0.25) is 0 Å². The van der Waals surface area contributed by atoms with Crippen molar-refractivity contribution in [1.82, 2.24) is 19.2 Å². The van der Waals surface area contributed by atoms with Crippen LogP contribution in [0.5, 0.6) is 0 Å². The Labute approximate surface area is 163 Å². The second kappa shape index (κ2) is 7.84. The van der Waals surface area contributed by atoms with Gasteiger partial charge in [0, 0.05) is 24.6 Å². The van der Waals surface area contributed by atoms with E-state index < -0.39 is 17.4 Å². The van der Waals surface area contributed by atoms with Crippen LogP contribution in [-0.4, -0.2) is 37.4 Å². The number of anilines is 1. The predicted octanol–water partition coefficient (Wildman–Crippen LogP) is 3.03. The van der Waals surface area contributed by atoms with E-state index in [1.54, 1.807) is 33.2 Å². The molecule has 0 aliphatic carbocycles. The quantitative estimate of drug-likeness (QED) is 0.681. The van der Waals surface area contributed by atoms with Gasteiger partial charge < -0.3 is 10.1 Å². The van der Waals surface area contributed by atoms with E-state index in [1.807, 2.05) is 31.2 Å². The third-order valence-corrected chi connectivity index (χ3v) is 3.97. The molecule has 1 N–H and O–H groups in total. The Morgan fingerprint density at radius 1 is 1.29 bits per heavy atom. The van der Waals surface area contributed by atoms with Crippen LogP contribution >= 0.6 is 0 Å². The zero-order valence-electron chi connectivity index (χ0n) is 16.6. The fourth-order valence-corrected chi connectivity index (χ4v) is 2.80. The fraction of sp³-hybridized carbons (Fsp3) is 0.400. The van der Waals surface area contributed by atoms with Gasteiger partial charge in [-0.1, -0.05) is 6.07 Å². The normalized spacial score (nSPS) is 11.6. The molecule has 0 aromatic carbocycles. The highest BCUT2D eigenvalue weighted by molar-refractivity contribution is 5.73. The lowest BCUT2D eigenvalue weighted by Gasteiger charge is -2.18. The maximum Gasteiger partial charge on any atom is 0.439 e. The summed E-state index contributed by atoms with van der Waals surface area (Å²) in [6.07, 6.45) is 4.36. The second-order valence-electron chi connectivity index (χ2n) is 7.65. The van der Waals surface area contributed by atoms with Gasteiger partial charge in [0.15, 0.2) is 5.65 Å². The zero-order chi connectivity index (χ0) is 20.3. The summed E-state index contributed by atoms with van der Waals surface area (Å²) < 4.78 is 7.40. The van der Waals surface area contributed by atoms with Crippen LogP contribution in [0.1, 0.15) is 38.4 Å². The second-order valence-corrected chi connectivity index (χ2v) is 7.65. The topological polar surface area (TPSA) is 90.5 Å². The Morgan fingerprint density at radius 2 is 2.07 bits per heavy atom. The van der Waals surface area contributed by atoms with Gasteiger partial charge in [-0.25, -0.2) is 14.0 Å². The maximum absolute atomic E-state index is 12.6. The molecule has 0 atom stereocenters. The molecule has 0 saturated carbocycles. The van der Waals surface area contributed by atoms with Crippen LogP contribution < -0.4 is 11.0 Å². The summed E-state index contributed by atoms with van der Waals surface area (Å²) in [5, 5.41) is 7.50. The molecule has 0 aliphatic rings. The Morgan fingerprint density at radius 3 is 2.75 bits per heavy atom. The number of aryl methyl sites for hydroxylation is 2. The molecule has 0 fully saturated rings. The summed E-state index contributed by atoms with van der Waals surface area (Å²) in [7, 11) is 0. The highest BCUT2D eigenvalue weighted by atomic mass is 16.6. The Balaban J connectivity index is 1.79. The summed E-state index contributed by atoms with van der Waals surface area (Å²) in [4.78, 5) is 29.2. The van der Waals surface area contributed by atoms with Crippen molar-refractivity contribution < 1.29 is 9.53 Å². The summed E-state index contributed by atoms with van der Waals surface area (Å²) in [6, 6.07) is 7.76. The van der Waals surface area contributed by atoms with E-state index in [9.17, 15) is 9.59 Å². The third kappa shape index (κ3) is 4.57. The molecule has 0 radical (unpaired) electrons. The summed E-state index contributed by atoms with van der Waals surface area (Å²) in [5.41, 5.74) is 1.73. The fourth-order valence-electron chi connectivity index (χ4n) is 2.80. The van der Waals surface area contributed by atoms with Crippen LogP contribution in [0.2, 0.25) is 0 Å². The first kappa shape index (κ1) is 19.6. The number of hydrogen-bond donors (Lipinski definition) is 1. The Bertz CT molecular complexity index is 1030. The number of carbonyl (C=O) groups is 1. The van der Waals surface area contributed by atoms with E-state index in [-0.39, 0.29) is 0 Å². The number of nitrogens with zero attached hydrogens (tertiary/aromatic N) is 4. The molecule has 0 bridgehead atoms. The Kier molecular flexibility index (Phi) is 5.48. The van der Waals surface area contributed by atoms with Crippen LogP contribution in [0.4, 0.5) is 10.5 Å². The van der Waals surface area contributed by atoms with E-state index in [1.165, 1.54) is 4.40 Å². The molecule has 0 unspecified atom stereocenters. The monoisotopic (exact) mass is 383 g/mol. The predicted molar refractivity (Wildman–Crippen MR) is 107 cm³/mol. The van der Waals surface area contributed by atoms with Crippen molar-refractivity contribution in [2.45, 2.75) is 46.1 Å². The van der Waals surface area contributed by atoms with E-state index in [2.05, 4.69) is 15.4 Å². The lowest BCUT2D eigenvalue weighted by atomic mass is 10.2. The number of carbonyl (C=O) groups excluding carboxylic acids is 1. The van der Waals surface area contributed by atoms with Gasteiger partial charge in [0.25, 0.3) is 0 Å². The molecule has 3 rings (SSSR count). The first-order valence-electron chi connectivity index (χ1n) is 9.24. The third-order valence-electron chi connectivity index (χ3n) is 3.97.